The summed E-state index contributed by atoms with van der Waals surface area (Å²) in [6, 6.07) is 8.84. The minimum Gasteiger partial charge on any atom is -0.319 e. The van der Waals surface area contributed by atoms with Gasteiger partial charge in [0.1, 0.15) is 0 Å². The first-order valence-electron chi connectivity index (χ1n) is 5.75. The van der Waals surface area contributed by atoms with E-state index in [4.69, 9.17) is 23.2 Å². The van der Waals surface area contributed by atoms with Gasteiger partial charge in [-0.05, 0) is 30.7 Å². The zero-order chi connectivity index (χ0) is 13.8. The van der Waals surface area contributed by atoms with E-state index in [9.17, 15) is 4.79 Å². The molecule has 0 bridgehead atoms. The number of carbonyl (C=O) groups excluding carboxylic acids is 1. The molecule has 5 heteroatoms. The normalized spacial score (nSPS) is 10.3. The van der Waals surface area contributed by atoms with Crippen molar-refractivity contribution in [2.75, 3.05) is 5.32 Å². The van der Waals surface area contributed by atoms with Crippen molar-refractivity contribution in [2.24, 2.45) is 0 Å². The second-order valence-corrected chi connectivity index (χ2v) is 5.06. The Hall–Kier alpha value is -1.58. The summed E-state index contributed by atoms with van der Waals surface area (Å²) in [5.74, 6) is -0.155. The van der Waals surface area contributed by atoms with Crippen LogP contribution in [0.3, 0.4) is 0 Å². The van der Waals surface area contributed by atoms with Gasteiger partial charge in [0, 0.05) is 17.2 Å². The molecule has 19 heavy (non-hydrogen) atoms. The van der Waals surface area contributed by atoms with Crippen molar-refractivity contribution in [3.8, 4) is 0 Å². The zero-order valence-electron chi connectivity index (χ0n) is 10.4. The number of anilines is 1. The van der Waals surface area contributed by atoms with E-state index in [0.29, 0.717) is 15.7 Å². The van der Waals surface area contributed by atoms with Crippen LogP contribution in [0.15, 0.2) is 42.7 Å². The number of nitrogens with one attached hydrogen (secondary N) is 1. The monoisotopic (exact) mass is 295 g/mol. The molecule has 0 aliphatic heterocycles. The number of pyridine rings is 1. The quantitative estimate of drug-likeness (QED) is 0.867. The maximum absolute atomic E-state index is 11.9. The van der Waals surface area contributed by atoms with Crippen molar-refractivity contribution in [2.45, 2.75) is 13.5 Å². The number of hydrogen-bond donors (Lipinski definition) is 1. The lowest BCUT2D eigenvalue weighted by Crippen LogP contribution is -2.39. The van der Waals surface area contributed by atoms with Gasteiger partial charge in [-0.15, -0.1) is 0 Å². The molecular weight excluding hydrogens is 283 g/mol. The fraction of sp³-hybridized carbons (Fsp3) is 0.143. The Morgan fingerprint density at radius 2 is 1.89 bits per heavy atom. The molecule has 0 atom stereocenters. The van der Waals surface area contributed by atoms with E-state index in [1.54, 1.807) is 22.8 Å². The van der Waals surface area contributed by atoms with E-state index in [1.807, 2.05) is 31.5 Å². The second-order valence-electron chi connectivity index (χ2n) is 4.22. The van der Waals surface area contributed by atoms with E-state index in [2.05, 4.69) is 5.32 Å². The third kappa shape index (κ3) is 3.94. The van der Waals surface area contributed by atoms with Crippen LogP contribution < -0.4 is 9.88 Å². The van der Waals surface area contributed by atoms with Gasteiger partial charge < -0.3 is 5.32 Å². The molecule has 1 aromatic heterocycles. The van der Waals surface area contributed by atoms with Gasteiger partial charge in [0.2, 0.25) is 6.54 Å². The number of carbonyl (C=O) groups is 1. The fourth-order valence-corrected chi connectivity index (χ4v) is 1.92. The summed E-state index contributed by atoms with van der Waals surface area (Å²) in [7, 11) is 0. The molecule has 0 radical (unpaired) electrons. The standard InChI is InChI=1S/C14H12Cl2N2O/c1-10-4-6-18(7-5-10)9-14(19)17-13-8-11(15)2-3-12(13)16/h2-8H,9H2,1H3/p+1. The predicted molar refractivity (Wildman–Crippen MR) is 76.5 cm³/mol. The Balaban J connectivity index is 2.05. The average Bonchev–Trinajstić information content (AvgIpc) is 2.37. The van der Waals surface area contributed by atoms with Crippen LogP contribution in [0.25, 0.3) is 0 Å². The minimum absolute atomic E-state index is 0.155. The Labute approximate surface area is 121 Å². The zero-order valence-corrected chi connectivity index (χ0v) is 11.9. The first-order chi connectivity index (χ1) is 9.04. The number of nitrogens with zero attached hydrogens (tertiary/aromatic N) is 1. The summed E-state index contributed by atoms with van der Waals surface area (Å²) in [5.41, 5.74) is 1.67. The topological polar surface area (TPSA) is 33.0 Å². The molecule has 1 N–H and O–H groups in total. The van der Waals surface area contributed by atoms with Crippen LogP contribution in [0.5, 0.6) is 0 Å². The maximum atomic E-state index is 11.9. The van der Waals surface area contributed by atoms with E-state index in [-0.39, 0.29) is 12.5 Å². The molecule has 1 amide bonds. The van der Waals surface area contributed by atoms with Crippen molar-refractivity contribution in [1.29, 1.82) is 0 Å². The summed E-state index contributed by atoms with van der Waals surface area (Å²) >= 11 is 11.8. The molecule has 0 aliphatic carbocycles. The summed E-state index contributed by atoms with van der Waals surface area (Å²) in [5, 5.41) is 3.73. The van der Waals surface area contributed by atoms with E-state index >= 15 is 0 Å². The highest BCUT2D eigenvalue weighted by molar-refractivity contribution is 6.35. The number of amides is 1. The van der Waals surface area contributed by atoms with E-state index < -0.39 is 0 Å². The SMILES string of the molecule is Cc1cc[n+](CC(=O)Nc2cc(Cl)ccc2Cl)cc1. The number of aromatic nitrogens is 1. The van der Waals surface area contributed by atoms with Gasteiger partial charge >= 0.3 is 0 Å². The number of rotatable bonds is 3. The first kappa shape index (κ1) is 13.8. The smallest absolute Gasteiger partial charge is 0.290 e. The Kier molecular flexibility index (Phi) is 4.40. The molecule has 98 valence electrons. The number of benzene rings is 1. The van der Waals surface area contributed by atoms with Crippen LogP contribution in [-0.4, -0.2) is 5.91 Å². The molecule has 0 aliphatic rings. The highest BCUT2D eigenvalue weighted by Gasteiger charge is 2.11. The van der Waals surface area contributed by atoms with Gasteiger partial charge in [-0.1, -0.05) is 23.2 Å². The summed E-state index contributed by atoms with van der Waals surface area (Å²) in [6.07, 6.45) is 3.71. The molecular formula is C14H13Cl2N2O+. The third-order valence-electron chi connectivity index (χ3n) is 2.59. The lowest BCUT2D eigenvalue weighted by molar-refractivity contribution is -0.684. The van der Waals surface area contributed by atoms with Crippen LogP contribution in [0.4, 0.5) is 5.69 Å². The highest BCUT2D eigenvalue weighted by atomic mass is 35.5. The fourth-order valence-electron chi connectivity index (χ4n) is 1.59. The molecule has 0 unspecified atom stereocenters. The van der Waals surface area contributed by atoms with Crippen molar-refractivity contribution in [3.63, 3.8) is 0 Å². The van der Waals surface area contributed by atoms with Gasteiger partial charge in [-0.3, -0.25) is 4.79 Å². The largest absolute Gasteiger partial charge is 0.319 e. The van der Waals surface area contributed by atoms with Crippen molar-refractivity contribution < 1.29 is 9.36 Å². The number of halogens is 2. The molecule has 0 saturated carbocycles. The van der Waals surface area contributed by atoms with Gasteiger partial charge in [-0.2, -0.15) is 4.57 Å². The Bertz CT molecular complexity index is 597. The van der Waals surface area contributed by atoms with E-state index in [0.717, 1.165) is 5.56 Å². The summed E-state index contributed by atoms with van der Waals surface area (Å²) in [4.78, 5) is 11.9. The summed E-state index contributed by atoms with van der Waals surface area (Å²) < 4.78 is 1.79. The first-order valence-corrected chi connectivity index (χ1v) is 6.51. The van der Waals surface area contributed by atoms with Gasteiger partial charge in [0.15, 0.2) is 12.4 Å². The molecule has 2 aromatic rings. The van der Waals surface area contributed by atoms with Gasteiger partial charge in [0.25, 0.3) is 5.91 Å². The minimum atomic E-state index is -0.155. The van der Waals surface area contributed by atoms with Crippen molar-refractivity contribution in [3.05, 3.63) is 58.3 Å². The lowest BCUT2D eigenvalue weighted by Gasteiger charge is -2.06. The average molecular weight is 296 g/mol. The van der Waals surface area contributed by atoms with Gasteiger partial charge in [-0.25, -0.2) is 0 Å². The lowest BCUT2D eigenvalue weighted by atomic mass is 10.3. The molecule has 3 nitrogen and oxygen atoms in total. The van der Waals surface area contributed by atoms with Crippen LogP contribution in [0, 0.1) is 6.92 Å². The van der Waals surface area contributed by atoms with Gasteiger partial charge in [0.05, 0.1) is 10.7 Å². The van der Waals surface area contributed by atoms with Crippen LogP contribution in [-0.2, 0) is 11.3 Å². The molecule has 0 spiro atoms. The van der Waals surface area contributed by atoms with Crippen LogP contribution in [0.1, 0.15) is 5.56 Å². The number of aryl methyl sites for hydroxylation is 1. The molecule has 1 aromatic carbocycles. The molecule has 0 fully saturated rings. The second kappa shape index (κ2) is 6.04. The molecule has 1 heterocycles. The van der Waals surface area contributed by atoms with E-state index in [1.165, 1.54) is 0 Å². The maximum Gasteiger partial charge on any atom is 0.290 e. The third-order valence-corrected chi connectivity index (χ3v) is 3.15. The molecule has 0 saturated heterocycles. The van der Waals surface area contributed by atoms with Crippen LogP contribution >= 0.6 is 23.2 Å². The van der Waals surface area contributed by atoms with Crippen molar-refractivity contribution in [1.82, 2.24) is 0 Å². The number of hydrogen-bond acceptors (Lipinski definition) is 1. The molecule has 2 rings (SSSR count). The highest BCUT2D eigenvalue weighted by Crippen LogP contribution is 2.25. The summed E-state index contributed by atoms with van der Waals surface area (Å²) in [6.45, 7) is 2.22. The Morgan fingerprint density at radius 1 is 1.21 bits per heavy atom. The Morgan fingerprint density at radius 3 is 2.58 bits per heavy atom. The van der Waals surface area contributed by atoms with Crippen LogP contribution in [0.2, 0.25) is 10.0 Å². The van der Waals surface area contributed by atoms with Crippen molar-refractivity contribution >= 4 is 34.8 Å². The predicted octanol–water partition coefficient (Wildman–Crippen LogP) is 3.23.